The number of alkyl halides is 1. The lowest BCUT2D eigenvalue weighted by Gasteiger charge is -2.25. The fourth-order valence-corrected chi connectivity index (χ4v) is 1.98. The second-order valence-corrected chi connectivity index (χ2v) is 6.58. The van der Waals surface area contributed by atoms with Crippen molar-refractivity contribution in [1.29, 1.82) is 0 Å². The zero-order chi connectivity index (χ0) is 13.2. The van der Waals surface area contributed by atoms with Crippen molar-refractivity contribution < 1.29 is 8.78 Å². The van der Waals surface area contributed by atoms with Crippen molar-refractivity contribution >= 4 is 27.5 Å². The van der Waals surface area contributed by atoms with Crippen LogP contribution in [0.25, 0.3) is 0 Å². The Kier molecular flexibility index (Phi) is 4.96. The van der Waals surface area contributed by atoms with Crippen LogP contribution in [0.4, 0.5) is 8.78 Å². The van der Waals surface area contributed by atoms with Gasteiger partial charge in [0.05, 0.1) is 4.47 Å². The van der Waals surface area contributed by atoms with Crippen molar-refractivity contribution in [2.75, 3.05) is 0 Å². The average Bonchev–Trinajstić information content (AvgIpc) is 2.22. The maximum atomic E-state index is 13.7. The lowest BCUT2D eigenvalue weighted by Crippen LogP contribution is -2.21. The molecule has 0 aliphatic rings. The van der Waals surface area contributed by atoms with Gasteiger partial charge in [0, 0.05) is 10.9 Å². The van der Waals surface area contributed by atoms with E-state index in [4.69, 9.17) is 11.6 Å². The van der Waals surface area contributed by atoms with Gasteiger partial charge in [-0.2, -0.15) is 0 Å². The summed E-state index contributed by atoms with van der Waals surface area (Å²) in [7, 11) is 0. The van der Waals surface area contributed by atoms with E-state index in [0.29, 0.717) is 12.8 Å². The quantitative estimate of drug-likeness (QED) is 0.521. The first-order valence-electron chi connectivity index (χ1n) is 5.50. The first kappa shape index (κ1) is 14.9. The number of rotatable bonds is 3. The van der Waals surface area contributed by atoms with E-state index in [1.54, 1.807) is 0 Å². The minimum Gasteiger partial charge on any atom is -0.207 e. The van der Waals surface area contributed by atoms with E-state index in [1.165, 1.54) is 12.1 Å². The smallest absolute Gasteiger partial charge is 0.143 e. The molecule has 0 radical (unpaired) electrons. The van der Waals surface area contributed by atoms with Crippen LogP contribution in [0.3, 0.4) is 0 Å². The second-order valence-electron chi connectivity index (χ2n) is 5.19. The molecule has 0 bridgehead atoms. The molecule has 0 heterocycles. The van der Waals surface area contributed by atoms with Gasteiger partial charge < -0.3 is 0 Å². The third-order valence-electron chi connectivity index (χ3n) is 2.73. The van der Waals surface area contributed by atoms with Gasteiger partial charge in [-0.25, -0.2) is 8.78 Å². The molecule has 17 heavy (non-hydrogen) atoms. The highest BCUT2D eigenvalue weighted by Gasteiger charge is 2.23. The normalized spacial score (nSPS) is 13.8. The Morgan fingerprint density at radius 3 is 2.41 bits per heavy atom. The van der Waals surface area contributed by atoms with Crippen LogP contribution in [-0.4, -0.2) is 5.38 Å². The van der Waals surface area contributed by atoms with E-state index < -0.39 is 11.6 Å². The predicted octanol–water partition coefficient (Wildman–Crippen LogP) is 5.31. The summed E-state index contributed by atoms with van der Waals surface area (Å²) in [6.07, 6.45) is 0.859. The monoisotopic (exact) mass is 324 g/mol. The molecule has 0 spiro atoms. The first-order valence-corrected chi connectivity index (χ1v) is 6.73. The second kappa shape index (κ2) is 5.66. The summed E-state index contributed by atoms with van der Waals surface area (Å²) in [6, 6.07) is 2.64. The Bertz CT molecular complexity index is 399. The van der Waals surface area contributed by atoms with Gasteiger partial charge in [0.2, 0.25) is 0 Å². The molecule has 1 atom stereocenters. The van der Waals surface area contributed by atoms with E-state index in [-0.39, 0.29) is 20.8 Å². The molecule has 4 heteroatoms. The fourth-order valence-electron chi connectivity index (χ4n) is 1.50. The summed E-state index contributed by atoms with van der Waals surface area (Å²) >= 11 is 9.25. The molecule has 1 rings (SSSR count). The zero-order valence-corrected chi connectivity index (χ0v) is 12.5. The summed E-state index contributed by atoms with van der Waals surface area (Å²) in [6.45, 7) is 6.04. The van der Waals surface area contributed by atoms with Gasteiger partial charge >= 0.3 is 0 Å². The van der Waals surface area contributed by atoms with Crippen LogP contribution in [0.5, 0.6) is 0 Å². The highest BCUT2D eigenvalue weighted by atomic mass is 79.9. The number of halogens is 4. The van der Waals surface area contributed by atoms with Gasteiger partial charge in [-0.15, -0.1) is 11.6 Å². The molecule has 1 aromatic rings. The highest BCUT2D eigenvalue weighted by molar-refractivity contribution is 9.10. The van der Waals surface area contributed by atoms with Gasteiger partial charge in [0.15, 0.2) is 0 Å². The third-order valence-corrected chi connectivity index (χ3v) is 4.21. The highest BCUT2D eigenvalue weighted by Crippen LogP contribution is 2.30. The molecule has 0 aliphatic heterocycles. The van der Waals surface area contributed by atoms with Crippen LogP contribution in [0, 0.1) is 17.0 Å². The first-order chi connectivity index (χ1) is 7.73. The molecule has 0 N–H and O–H groups in total. The zero-order valence-electron chi connectivity index (χ0n) is 10.2. The summed E-state index contributed by atoms with van der Waals surface area (Å²) < 4.78 is 27.4. The van der Waals surface area contributed by atoms with E-state index in [1.807, 2.05) is 20.8 Å². The largest absolute Gasteiger partial charge is 0.207 e. The van der Waals surface area contributed by atoms with Gasteiger partial charge in [-0.1, -0.05) is 20.8 Å². The van der Waals surface area contributed by atoms with Gasteiger partial charge in [0.25, 0.3) is 0 Å². The molecule has 0 nitrogen and oxygen atoms in total. The molecular weight excluding hydrogens is 309 g/mol. The van der Waals surface area contributed by atoms with Gasteiger partial charge in [-0.3, -0.25) is 0 Å². The van der Waals surface area contributed by atoms with E-state index in [9.17, 15) is 8.78 Å². The predicted molar refractivity (Wildman–Crippen MR) is 71.5 cm³/mol. The van der Waals surface area contributed by atoms with E-state index in [2.05, 4.69) is 15.9 Å². The fraction of sp³-hybridized carbons (Fsp3) is 0.538. The van der Waals surface area contributed by atoms with Crippen LogP contribution in [0.2, 0.25) is 0 Å². The molecule has 1 aromatic carbocycles. The van der Waals surface area contributed by atoms with Crippen molar-refractivity contribution in [1.82, 2.24) is 0 Å². The molecule has 0 aromatic heterocycles. The van der Waals surface area contributed by atoms with Crippen molar-refractivity contribution in [3.8, 4) is 0 Å². The number of hydrogen-bond donors (Lipinski definition) is 0. The lowest BCUT2D eigenvalue weighted by molar-refractivity contribution is 0.371. The Balaban J connectivity index is 2.80. The molecular formula is C13H16BrClF2. The minimum atomic E-state index is -0.525. The van der Waals surface area contributed by atoms with Crippen LogP contribution >= 0.6 is 27.5 Å². The van der Waals surface area contributed by atoms with Crippen molar-refractivity contribution in [3.63, 3.8) is 0 Å². The lowest BCUT2D eigenvalue weighted by atomic mass is 9.88. The van der Waals surface area contributed by atoms with E-state index >= 15 is 0 Å². The molecule has 0 saturated heterocycles. The Labute approximate surface area is 114 Å². The minimum absolute atomic E-state index is 0.0689. The Morgan fingerprint density at radius 1 is 1.29 bits per heavy atom. The molecule has 96 valence electrons. The third kappa shape index (κ3) is 3.92. The maximum Gasteiger partial charge on any atom is 0.143 e. The molecule has 0 amide bonds. The SMILES string of the molecule is CC(C)(C)C(Cl)CCc1c(F)ccc(Br)c1F. The molecule has 0 fully saturated rings. The van der Waals surface area contributed by atoms with Crippen LogP contribution in [0.1, 0.15) is 32.8 Å². The summed E-state index contributed by atoms with van der Waals surface area (Å²) in [5.74, 6) is -1.04. The Morgan fingerprint density at radius 2 is 1.88 bits per heavy atom. The molecule has 0 saturated carbocycles. The van der Waals surface area contributed by atoms with Crippen LogP contribution in [0.15, 0.2) is 16.6 Å². The van der Waals surface area contributed by atoms with Crippen molar-refractivity contribution in [2.24, 2.45) is 5.41 Å². The number of hydrogen-bond acceptors (Lipinski definition) is 0. The average molecular weight is 326 g/mol. The van der Waals surface area contributed by atoms with Crippen molar-refractivity contribution in [2.45, 2.75) is 39.0 Å². The van der Waals surface area contributed by atoms with Crippen LogP contribution < -0.4 is 0 Å². The molecule has 0 aliphatic carbocycles. The standard InChI is InChI=1S/C13H16BrClF2/c1-13(2,3)11(15)7-4-8-10(16)6-5-9(14)12(8)17/h5-6,11H,4,7H2,1-3H3. The topological polar surface area (TPSA) is 0 Å². The molecule has 1 unspecified atom stereocenters. The number of benzene rings is 1. The maximum absolute atomic E-state index is 13.7. The van der Waals surface area contributed by atoms with Gasteiger partial charge in [0.1, 0.15) is 11.6 Å². The summed E-state index contributed by atoms with van der Waals surface area (Å²) in [4.78, 5) is 0. The Hall–Kier alpha value is -0.150. The van der Waals surface area contributed by atoms with Crippen molar-refractivity contribution in [3.05, 3.63) is 33.8 Å². The summed E-state index contributed by atoms with van der Waals surface area (Å²) in [5, 5.41) is -0.111. The van der Waals surface area contributed by atoms with Gasteiger partial charge in [-0.05, 0) is 46.3 Å². The van der Waals surface area contributed by atoms with Crippen LogP contribution in [-0.2, 0) is 6.42 Å². The van der Waals surface area contributed by atoms with E-state index in [0.717, 1.165) is 0 Å². The summed E-state index contributed by atoms with van der Waals surface area (Å²) in [5.41, 5.74) is 0.0369.